The molecule has 4 aromatic carbocycles. The van der Waals surface area contributed by atoms with E-state index in [1.165, 1.54) is 12.1 Å². The van der Waals surface area contributed by atoms with Crippen molar-refractivity contribution in [2.24, 2.45) is 0 Å². The summed E-state index contributed by atoms with van der Waals surface area (Å²) in [5.74, 6) is 2.46. The lowest BCUT2D eigenvalue weighted by Crippen LogP contribution is -2.03. The molecule has 0 saturated carbocycles. The molecule has 4 aromatic rings. The molecule has 0 amide bonds. The van der Waals surface area contributed by atoms with E-state index >= 15 is 0 Å². The van der Waals surface area contributed by atoms with E-state index in [0.717, 1.165) is 32.8 Å². The van der Waals surface area contributed by atoms with Crippen molar-refractivity contribution < 1.29 is 18.6 Å². The minimum atomic E-state index is -0.289. The molecule has 0 saturated heterocycles. The largest absolute Gasteiger partial charge is 0.493 e. The van der Waals surface area contributed by atoms with E-state index in [0.29, 0.717) is 18.0 Å². The molecule has 168 valence electrons. The van der Waals surface area contributed by atoms with Crippen LogP contribution in [-0.2, 0) is 13.2 Å². The third kappa shape index (κ3) is 6.26. The average molecular weight is 508 g/mol. The van der Waals surface area contributed by atoms with Crippen LogP contribution in [0.1, 0.15) is 11.1 Å². The maximum atomic E-state index is 13.4. The summed E-state index contributed by atoms with van der Waals surface area (Å²) in [6.45, 7) is 0.833. The van der Waals surface area contributed by atoms with Gasteiger partial charge in [-0.25, -0.2) is 4.39 Å². The lowest BCUT2D eigenvalue weighted by Gasteiger charge is -2.15. The van der Waals surface area contributed by atoms with E-state index in [9.17, 15) is 4.39 Å². The molecule has 1 N–H and O–H groups in total. The minimum absolute atomic E-state index is 0.238. The van der Waals surface area contributed by atoms with Crippen molar-refractivity contribution in [2.75, 3.05) is 12.4 Å². The third-order valence-corrected chi connectivity index (χ3v) is 5.48. The molecular weight excluding hydrogens is 485 g/mol. The Kier molecular flexibility index (Phi) is 7.47. The van der Waals surface area contributed by atoms with Gasteiger partial charge in [0.25, 0.3) is 0 Å². The number of halogens is 2. The van der Waals surface area contributed by atoms with Gasteiger partial charge in [-0.15, -0.1) is 0 Å². The number of nitrogens with one attached hydrogen (secondary N) is 1. The van der Waals surface area contributed by atoms with Crippen LogP contribution < -0.4 is 19.5 Å². The number of anilines is 1. The number of rotatable bonds is 9. The van der Waals surface area contributed by atoms with Crippen molar-refractivity contribution in [3.63, 3.8) is 0 Å². The third-order valence-electron chi connectivity index (χ3n) is 4.89. The normalized spacial score (nSPS) is 10.5. The zero-order chi connectivity index (χ0) is 23.0. The van der Waals surface area contributed by atoms with Gasteiger partial charge in [0.15, 0.2) is 11.5 Å². The highest BCUT2D eigenvalue weighted by Crippen LogP contribution is 2.37. The molecule has 0 atom stereocenters. The fourth-order valence-corrected chi connectivity index (χ4v) is 3.87. The highest BCUT2D eigenvalue weighted by Gasteiger charge is 2.12. The number of methoxy groups -OCH3 is 1. The first-order valence-electron chi connectivity index (χ1n) is 10.4. The molecule has 0 spiro atoms. The quantitative estimate of drug-likeness (QED) is 0.253. The first-order valence-corrected chi connectivity index (χ1v) is 11.2. The average Bonchev–Trinajstić information content (AvgIpc) is 2.83. The molecule has 0 fully saturated rings. The molecule has 0 unspecified atom stereocenters. The Bertz CT molecular complexity index is 1200. The van der Waals surface area contributed by atoms with Crippen LogP contribution in [0.4, 0.5) is 10.1 Å². The summed E-state index contributed by atoms with van der Waals surface area (Å²) >= 11 is 3.57. The fraction of sp³-hybridized carbons (Fsp3) is 0.111. The standard InChI is InChI=1S/C27H23BrFNO3/c1-31-26-16-20(15-25(28)27(26)32-18-19-6-5-7-21(29)14-19)17-30-22-10-12-24(13-11-22)33-23-8-3-2-4-9-23/h2-16,30H,17-18H2,1H3. The summed E-state index contributed by atoms with van der Waals surface area (Å²) in [6, 6.07) is 27.7. The molecular formula is C27H23BrFNO3. The maximum Gasteiger partial charge on any atom is 0.175 e. The van der Waals surface area contributed by atoms with E-state index < -0.39 is 0 Å². The van der Waals surface area contributed by atoms with Crippen molar-refractivity contribution in [1.29, 1.82) is 0 Å². The second kappa shape index (κ2) is 10.9. The zero-order valence-corrected chi connectivity index (χ0v) is 19.6. The smallest absolute Gasteiger partial charge is 0.175 e. The van der Waals surface area contributed by atoms with Gasteiger partial charge in [-0.3, -0.25) is 0 Å². The van der Waals surface area contributed by atoms with Crippen molar-refractivity contribution in [3.05, 3.63) is 112 Å². The van der Waals surface area contributed by atoms with Gasteiger partial charge in [0.2, 0.25) is 0 Å². The van der Waals surface area contributed by atoms with Crippen LogP contribution in [0.25, 0.3) is 0 Å². The Morgan fingerprint density at radius 3 is 2.30 bits per heavy atom. The molecule has 6 heteroatoms. The Morgan fingerprint density at radius 2 is 1.58 bits per heavy atom. The summed E-state index contributed by atoms with van der Waals surface area (Å²) < 4.78 is 31.4. The van der Waals surface area contributed by atoms with Crippen LogP contribution in [0.3, 0.4) is 0 Å². The summed E-state index contributed by atoms with van der Waals surface area (Å²) in [6.07, 6.45) is 0. The molecule has 0 aromatic heterocycles. The highest BCUT2D eigenvalue weighted by atomic mass is 79.9. The lowest BCUT2D eigenvalue weighted by atomic mass is 10.2. The maximum absolute atomic E-state index is 13.4. The molecule has 0 heterocycles. The van der Waals surface area contributed by atoms with Crippen LogP contribution in [0.15, 0.2) is 95.5 Å². The van der Waals surface area contributed by atoms with Crippen LogP contribution in [-0.4, -0.2) is 7.11 Å². The molecule has 0 aliphatic carbocycles. The van der Waals surface area contributed by atoms with Gasteiger partial charge in [-0.1, -0.05) is 30.3 Å². The van der Waals surface area contributed by atoms with E-state index in [4.69, 9.17) is 14.2 Å². The number of ether oxygens (including phenoxy) is 3. The van der Waals surface area contributed by atoms with Crippen molar-refractivity contribution in [3.8, 4) is 23.0 Å². The summed E-state index contributed by atoms with van der Waals surface area (Å²) in [5, 5.41) is 3.40. The Hall–Kier alpha value is -3.51. The van der Waals surface area contributed by atoms with Crippen LogP contribution in [0.5, 0.6) is 23.0 Å². The van der Waals surface area contributed by atoms with Gasteiger partial charge in [0, 0.05) is 12.2 Å². The van der Waals surface area contributed by atoms with Crippen LogP contribution in [0, 0.1) is 5.82 Å². The second-order valence-electron chi connectivity index (χ2n) is 7.32. The first kappa shape index (κ1) is 22.7. The molecule has 0 radical (unpaired) electrons. The predicted octanol–water partition coefficient (Wildman–Crippen LogP) is 7.58. The molecule has 0 bridgehead atoms. The van der Waals surface area contributed by atoms with Crippen LogP contribution >= 0.6 is 15.9 Å². The molecule has 4 rings (SSSR count). The number of hydrogen-bond donors (Lipinski definition) is 1. The summed E-state index contributed by atoms with van der Waals surface area (Å²) in [4.78, 5) is 0. The van der Waals surface area contributed by atoms with E-state index in [1.54, 1.807) is 13.2 Å². The van der Waals surface area contributed by atoms with Crippen molar-refractivity contribution >= 4 is 21.6 Å². The van der Waals surface area contributed by atoms with Gasteiger partial charge in [0.1, 0.15) is 23.9 Å². The summed E-state index contributed by atoms with van der Waals surface area (Å²) in [7, 11) is 1.60. The monoisotopic (exact) mass is 507 g/mol. The number of hydrogen-bond acceptors (Lipinski definition) is 4. The topological polar surface area (TPSA) is 39.7 Å². The number of benzene rings is 4. The van der Waals surface area contributed by atoms with Gasteiger partial charge >= 0.3 is 0 Å². The van der Waals surface area contributed by atoms with Gasteiger partial charge < -0.3 is 19.5 Å². The summed E-state index contributed by atoms with van der Waals surface area (Å²) in [5.41, 5.74) is 2.73. The first-order chi connectivity index (χ1) is 16.1. The van der Waals surface area contributed by atoms with Crippen molar-refractivity contribution in [1.82, 2.24) is 0 Å². The minimum Gasteiger partial charge on any atom is -0.493 e. The molecule has 33 heavy (non-hydrogen) atoms. The molecule has 0 aliphatic heterocycles. The Labute approximate surface area is 201 Å². The van der Waals surface area contributed by atoms with Gasteiger partial charge in [-0.05, 0) is 87.7 Å². The SMILES string of the molecule is COc1cc(CNc2ccc(Oc3ccccc3)cc2)cc(Br)c1OCc1cccc(F)c1. The molecule has 0 aliphatic rings. The molecule has 4 nitrogen and oxygen atoms in total. The van der Waals surface area contributed by atoms with Gasteiger partial charge in [-0.2, -0.15) is 0 Å². The Morgan fingerprint density at radius 1 is 0.818 bits per heavy atom. The van der Waals surface area contributed by atoms with Gasteiger partial charge in [0.05, 0.1) is 11.6 Å². The highest BCUT2D eigenvalue weighted by molar-refractivity contribution is 9.10. The van der Waals surface area contributed by atoms with Crippen LogP contribution in [0.2, 0.25) is 0 Å². The van der Waals surface area contributed by atoms with Crippen molar-refractivity contribution in [2.45, 2.75) is 13.2 Å². The predicted molar refractivity (Wildman–Crippen MR) is 132 cm³/mol. The van der Waals surface area contributed by atoms with E-state index in [2.05, 4.69) is 21.2 Å². The zero-order valence-electron chi connectivity index (χ0n) is 18.1. The van der Waals surface area contributed by atoms with E-state index in [-0.39, 0.29) is 12.4 Å². The van der Waals surface area contributed by atoms with E-state index in [1.807, 2.05) is 72.8 Å². The Balaban J connectivity index is 1.38. The number of para-hydroxylation sites is 1. The fourth-order valence-electron chi connectivity index (χ4n) is 3.27. The lowest BCUT2D eigenvalue weighted by molar-refractivity contribution is 0.282. The second-order valence-corrected chi connectivity index (χ2v) is 8.18.